The molecule has 0 fully saturated rings. The van der Waals surface area contributed by atoms with E-state index < -0.39 is 0 Å². The molecule has 0 amide bonds. The van der Waals surface area contributed by atoms with Gasteiger partial charge in [-0.05, 0) is 6.42 Å². The number of aryl methyl sites for hydroxylation is 1. The second-order valence-corrected chi connectivity index (χ2v) is 3.37. The number of hydrogen-bond acceptors (Lipinski definition) is 4. The molecular weight excluding hydrogens is 174 g/mol. The SMILES string of the molecule is CCc1nn2c(=O)ccnc2s1. The van der Waals surface area contributed by atoms with E-state index in [1.807, 2.05) is 6.92 Å². The quantitative estimate of drug-likeness (QED) is 0.651. The summed E-state index contributed by atoms with van der Waals surface area (Å²) in [6.07, 6.45) is 2.35. The summed E-state index contributed by atoms with van der Waals surface area (Å²) < 4.78 is 1.34. The van der Waals surface area contributed by atoms with Crippen molar-refractivity contribution in [2.45, 2.75) is 13.3 Å². The largest absolute Gasteiger partial charge is 0.275 e. The average molecular weight is 181 g/mol. The van der Waals surface area contributed by atoms with Gasteiger partial charge in [-0.2, -0.15) is 9.61 Å². The van der Waals surface area contributed by atoms with Crippen LogP contribution < -0.4 is 5.56 Å². The summed E-state index contributed by atoms with van der Waals surface area (Å²) in [5.41, 5.74) is -0.115. The second-order valence-electron chi connectivity index (χ2n) is 2.33. The number of hydrogen-bond donors (Lipinski definition) is 0. The van der Waals surface area contributed by atoms with Crippen molar-refractivity contribution in [2.24, 2.45) is 0 Å². The highest BCUT2D eigenvalue weighted by Crippen LogP contribution is 2.09. The highest BCUT2D eigenvalue weighted by Gasteiger charge is 2.02. The van der Waals surface area contributed by atoms with Gasteiger partial charge in [-0.15, -0.1) is 0 Å². The van der Waals surface area contributed by atoms with Crippen LogP contribution >= 0.6 is 11.3 Å². The molecule has 0 radical (unpaired) electrons. The van der Waals surface area contributed by atoms with Gasteiger partial charge >= 0.3 is 0 Å². The Kier molecular flexibility index (Phi) is 1.65. The fraction of sp³-hybridized carbons (Fsp3) is 0.286. The molecule has 12 heavy (non-hydrogen) atoms. The van der Waals surface area contributed by atoms with E-state index in [1.54, 1.807) is 0 Å². The van der Waals surface area contributed by atoms with Gasteiger partial charge in [-0.3, -0.25) is 4.79 Å². The van der Waals surface area contributed by atoms with Crippen molar-refractivity contribution in [3.8, 4) is 0 Å². The molecule has 0 atom stereocenters. The van der Waals surface area contributed by atoms with Crippen molar-refractivity contribution >= 4 is 16.3 Å². The van der Waals surface area contributed by atoms with E-state index in [0.717, 1.165) is 11.4 Å². The van der Waals surface area contributed by atoms with Gasteiger partial charge in [0.1, 0.15) is 5.01 Å². The van der Waals surface area contributed by atoms with Gasteiger partial charge in [-0.25, -0.2) is 4.98 Å². The minimum Gasteiger partial charge on any atom is -0.267 e. The van der Waals surface area contributed by atoms with E-state index in [1.165, 1.54) is 28.1 Å². The van der Waals surface area contributed by atoms with Crippen LogP contribution in [0.4, 0.5) is 0 Å². The molecule has 0 saturated heterocycles. The van der Waals surface area contributed by atoms with Gasteiger partial charge in [0.05, 0.1) is 0 Å². The molecular formula is C7H7N3OS. The van der Waals surface area contributed by atoms with Crippen molar-refractivity contribution < 1.29 is 0 Å². The molecule has 0 aliphatic rings. The van der Waals surface area contributed by atoms with Crippen LogP contribution in [0, 0.1) is 0 Å². The molecule has 0 aromatic carbocycles. The third kappa shape index (κ3) is 1.02. The van der Waals surface area contributed by atoms with Crippen LogP contribution in [-0.4, -0.2) is 14.6 Å². The number of aromatic nitrogens is 3. The molecule has 0 aliphatic heterocycles. The number of nitrogens with zero attached hydrogens (tertiary/aromatic N) is 3. The van der Waals surface area contributed by atoms with Crippen LogP contribution in [-0.2, 0) is 6.42 Å². The Labute approximate surface area is 72.5 Å². The van der Waals surface area contributed by atoms with E-state index in [4.69, 9.17) is 0 Å². The van der Waals surface area contributed by atoms with E-state index in [9.17, 15) is 4.79 Å². The lowest BCUT2D eigenvalue weighted by Gasteiger charge is -1.84. The van der Waals surface area contributed by atoms with Crippen LogP contribution in [0.2, 0.25) is 0 Å². The third-order valence-electron chi connectivity index (χ3n) is 1.52. The highest BCUT2D eigenvalue weighted by molar-refractivity contribution is 7.16. The van der Waals surface area contributed by atoms with Gasteiger partial charge in [-0.1, -0.05) is 18.3 Å². The van der Waals surface area contributed by atoms with E-state index >= 15 is 0 Å². The zero-order valence-corrected chi connectivity index (χ0v) is 7.34. The second kappa shape index (κ2) is 2.67. The van der Waals surface area contributed by atoms with Gasteiger partial charge in [0, 0.05) is 12.3 Å². The van der Waals surface area contributed by atoms with Crippen molar-refractivity contribution in [1.82, 2.24) is 14.6 Å². The summed E-state index contributed by atoms with van der Waals surface area (Å²) in [6.45, 7) is 2.00. The van der Waals surface area contributed by atoms with Gasteiger partial charge in [0.15, 0.2) is 0 Å². The lowest BCUT2D eigenvalue weighted by Crippen LogP contribution is -2.12. The zero-order chi connectivity index (χ0) is 8.55. The fourth-order valence-electron chi connectivity index (χ4n) is 0.926. The van der Waals surface area contributed by atoms with Crippen molar-refractivity contribution in [3.05, 3.63) is 27.6 Å². The Balaban J connectivity index is 2.83. The minimum atomic E-state index is -0.115. The number of rotatable bonds is 1. The van der Waals surface area contributed by atoms with Crippen LogP contribution in [0.25, 0.3) is 4.96 Å². The highest BCUT2D eigenvalue weighted by atomic mass is 32.1. The smallest absolute Gasteiger partial charge is 0.267 e. The first-order valence-electron chi connectivity index (χ1n) is 3.65. The minimum absolute atomic E-state index is 0.115. The number of fused-ring (bicyclic) bond motifs is 1. The Bertz CT molecular complexity index is 459. The monoisotopic (exact) mass is 181 g/mol. The van der Waals surface area contributed by atoms with Crippen LogP contribution in [0.1, 0.15) is 11.9 Å². The van der Waals surface area contributed by atoms with Crippen molar-refractivity contribution in [2.75, 3.05) is 0 Å². The Morgan fingerprint density at radius 2 is 2.50 bits per heavy atom. The first-order valence-corrected chi connectivity index (χ1v) is 4.46. The summed E-state index contributed by atoms with van der Waals surface area (Å²) in [5, 5.41) is 5.03. The van der Waals surface area contributed by atoms with E-state index in [-0.39, 0.29) is 5.56 Å². The lowest BCUT2D eigenvalue weighted by molar-refractivity contribution is 0.859. The van der Waals surface area contributed by atoms with Crippen molar-refractivity contribution in [3.63, 3.8) is 0 Å². The predicted octanol–water partition coefficient (Wildman–Crippen LogP) is 0.713. The predicted molar refractivity (Wildman–Crippen MR) is 46.5 cm³/mol. The van der Waals surface area contributed by atoms with Gasteiger partial charge in [0.25, 0.3) is 5.56 Å². The van der Waals surface area contributed by atoms with Crippen LogP contribution in [0.5, 0.6) is 0 Å². The normalized spacial score (nSPS) is 10.8. The molecule has 2 rings (SSSR count). The molecule has 2 aromatic heterocycles. The first-order chi connectivity index (χ1) is 5.81. The fourth-order valence-corrected chi connectivity index (χ4v) is 1.73. The molecule has 0 saturated carbocycles. The lowest BCUT2D eigenvalue weighted by atomic mass is 10.5. The molecule has 62 valence electrons. The first kappa shape index (κ1) is 7.42. The molecule has 0 bridgehead atoms. The van der Waals surface area contributed by atoms with Crippen LogP contribution in [0.3, 0.4) is 0 Å². The molecule has 0 unspecified atom stereocenters. The molecule has 5 heteroatoms. The van der Waals surface area contributed by atoms with Crippen LogP contribution in [0.15, 0.2) is 17.1 Å². The molecule has 0 N–H and O–H groups in total. The van der Waals surface area contributed by atoms with Crippen molar-refractivity contribution in [1.29, 1.82) is 0 Å². The topological polar surface area (TPSA) is 47.3 Å². The molecule has 2 aromatic rings. The molecule has 2 heterocycles. The summed E-state index contributed by atoms with van der Waals surface area (Å²) in [6, 6.07) is 1.41. The van der Waals surface area contributed by atoms with Gasteiger partial charge in [0.2, 0.25) is 4.96 Å². The molecule has 0 spiro atoms. The summed E-state index contributed by atoms with van der Waals surface area (Å²) in [7, 11) is 0. The average Bonchev–Trinajstić information content (AvgIpc) is 2.49. The standard InChI is InChI=1S/C7H7N3OS/c1-2-5-9-10-6(11)3-4-8-7(10)12-5/h3-4H,2H2,1H3. The molecule has 4 nitrogen and oxygen atoms in total. The Hall–Kier alpha value is -1.23. The Morgan fingerprint density at radius 3 is 3.17 bits per heavy atom. The maximum absolute atomic E-state index is 11.2. The van der Waals surface area contributed by atoms with E-state index in [0.29, 0.717) is 4.96 Å². The summed E-state index contributed by atoms with van der Waals surface area (Å²) in [4.78, 5) is 15.9. The maximum Gasteiger partial charge on any atom is 0.275 e. The van der Waals surface area contributed by atoms with Gasteiger partial charge < -0.3 is 0 Å². The summed E-state index contributed by atoms with van der Waals surface area (Å²) >= 11 is 1.45. The molecule has 0 aliphatic carbocycles. The Morgan fingerprint density at radius 1 is 1.67 bits per heavy atom. The van der Waals surface area contributed by atoms with E-state index in [2.05, 4.69) is 10.1 Å². The maximum atomic E-state index is 11.2. The zero-order valence-electron chi connectivity index (χ0n) is 6.52. The summed E-state index contributed by atoms with van der Waals surface area (Å²) in [5.74, 6) is 0. The third-order valence-corrected chi connectivity index (χ3v) is 2.58.